The molecule has 0 saturated carbocycles. The van der Waals surface area contributed by atoms with Crippen molar-refractivity contribution in [1.29, 1.82) is 0 Å². The Morgan fingerprint density at radius 2 is 1.59 bits per heavy atom. The van der Waals surface area contributed by atoms with E-state index in [9.17, 15) is 8.42 Å². The molecule has 0 N–H and O–H groups in total. The van der Waals surface area contributed by atoms with Crippen molar-refractivity contribution in [2.24, 2.45) is 0 Å². The molecule has 4 rings (SSSR count). The highest BCUT2D eigenvalue weighted by Crippen LogP contribution is 2.38. The van der Waals surface area contributed by atoms with Crippen LogP contribution in [0.4, 0.5) is 0 Å². The van der Waals surface area contributed by atoms with Crippen LogP contribution in [0.2, 0.25) is 0 Å². The van der Waals surface area contributed by atoms with Gasteiger partial charge in [0.25, 0.3) is 10.0 Å². The van der Waals surface area contributed by atoms with Crippen molar-refractivity contribution in [2.75, 3.05) is 0 Å². The Morgan fingerprint density at radius 1 is 0.897 bits per heavy atom. The number of fused-ring (bicyclic) bond motifs is 3. The Labute approximate surface area is 172 Å². The van der Waals surface area contributed by atoms with Crippen molar-refractivity contribution < 1.29 is 12.8 Å². The summed E-state index contributed by atoms with van der Waals surface area (Å²) in [4.78, 5) is 0.287. The highest BCUT2D eigenvalue weighted by molar-refractivity contribution is 7.90. The molecule has 0 atom stereocenters. The first kappa shape index (κ1) is 19.8. The lowest BCUT2D eigenvalue weighted by molar-refractivity contribution is 0.474. The fourth-order valence-electron chi connectivity index (χ4n) is 4.11. The first-order valence-electron chi connectivity index (χ1n) is 10.4. The number of benzene rings is 2. The summed E-state index contributed by atoms with van der Waals surface area (Å²) >= 11 is 0. The molecule has 29 heavy (non-hydrogen) atoms. The molecule has 0 unspecified atom stereocenters. The molecule has 0 aliphatic rings. The van der Waals surface area contributed by atoms with Crippen LogP contribution in [0, 0.1) is 6.92 Å². The topological polar surface area (TPSA) is 52.2 Å². The predicted octanol–water partition coefficient (Wildman–Crippen LogP) is 6.45. The third-order valence-electron chi connectivity index (χ3n) is 5.51. The molecule has 152 valence electrons. The molecular formula is C24H27NO3S. The van der Waals surface area contributed by atoms with Gasteiger partial charge in [0.1, 0.15) is 17.0 Å². The molecule has 0 spiro atoms. The zero-order valence-corrected chi connectivity index (χ0v) is 17.8. The summed E-state index contributed by atoms with van der Waals surface area (Å²) in [5.74, 6) is 1.55. The smallest absolute Gasteiger partial charge is 0.268 e. The minimum Gasteiger partial charge on any atom is -0.463 e. The van der Waals surface area contributed by atoms with Gasteiger partial charge in [0.05, 0.1) is 15.8 Å². The number of hydrogen-bond acceptors (Lipinski definition) is 3. The van der Waals surface area contributed by atoms with Crippen molar-refractivity contribution in [2.45, 2.75) is 57.3 Å². The molecule has 0 saturated heterocycles. The number of aromatic nitrogens is 1. The van der Waals surface area contributed by atoms with Gasteiger partial charge >= 0.3 is 0 Å². The van der Waals surface area contributed by atoms with Gasteiger partial charge in [-0.15, -0.1) is 0 Å². The van der Waals surface area contributed by atoms with Crippen LogP contribution in [-0.4, -0.2) is 12.4 Å². The summed E-state index contributed by atoms with van der Waals surface area (Å²) in [6.45, 7) is 4.13. The van der Waals surface area contributed by atoms with Crippen LogP contribution in [0.25, 0.3) is 21.8 Å². The molecule has 2 heterocycles. The molecule has 4 nitrogen and oxygen atoms in total. The summed E-state index contributed by atoms with van der Waals surface area (Å²) in [5.41, 5.74) is 1.40. The van der Waals surface area contributed by atoms with Gasteiger partial charge in [0, 0.05) is 11.8 Å². The molecule has 2 aromatic carbocycles. The maximum absolute atomic E-state index is 13.6. The maximum atomic E-state index is 13.6. The van der Waals surface area contributed by atoms with Crippen LogP contribution in [-0.2, 0) is 16.4 Å². The summed E-state index contributed by atoms with van der Waals surface area (Å²) in [6, 6.07) is 16.3. The fraction of sp³-hybridized carbons (Fsp3) is 0.333. The minimum atomic E-state index is -3.74. The van der Waals surface area contributed by atoms with Gasteiger partial charge in [-0.2, -0.15) is 0 Å². The molecule has 0 aliphatic carbocycles. The molecule has 0 bridgehead atoms. The van der Waals surface area contributed by atoms with Crippen LogP contribution in [0.3, 0.4) is 0 Å². The number of unbranched alkanes of at least 4 members (excludes halogenated alkanes) is 4. The molecular weight excluding hydrogens is 382 g/mol. The van der Waals surface area contributed by atoms with E-state index in [2.05, 4.69) is 6.92 Å². The van der Waals surface area contributed by atoms with Gasteiger partial charge in [0.15, 0.2) is 0 Å². The van der Waals surface area contributed by atoms with Gasteiger partial charge in [0.2, 0.25) is 0 Å². The average Bonchev–Trinajstić information content (AvgIpc) is 3.24. The first-order valence-corrected chi connectivity index (χ1v) is 11.8. The van der Waals surface area contributed by atoms with Crippen molar-refractivity contribution in [3.8, 4) is 0 Å². The fourth-order valence-corrected chi connectivity index (χ4v) is 5.67. The third-order valence-corrected chi connectivity index (χ3v) is 7.24. The Balaban J connectivity index is 1.90. The Bertz CT molecular complexity index is 1230. The largest absolute Gasteiger partial charge is 0.463 e. The summed E-state index contributed by atoms with van der Waals surface area (Å²) < 4.78 is 34.8. The number of rotatable bonds is 8. The number of para-hydroxylation sites is 1. The van der Waals surface area contributed by atoms with E-state index in [1.807, 2.05) is 37.3 Å². The monoisotopic (exact) mass is 409 g/mol. The number of hydrogen-bond donors (Lipinski definition) is 0. The van der Waals surface area contributed by atoms with Crippen molar-refractivity contribution >= 4 is 31.8 Å². The Hall–Kier alpha value is -2.53. The first-order chi connectivity index (χ1) is 14.1. The van der Waals surface area contributed by atoms with E-state index in [4.69, 9.17) is 4.42 Å². The molecule has 5 heteroatoms. The van der Waals surface area contributed by atoms with Crippen molar-refractivity contribution in [3.05, 3.63) is 66.1 Å². The molecule has 0 amide bonds. The lowest BCUT2D eigenvalue weighted by atomic mass is 10.1. The van der Waals surface area contributed by atoms with Crippen LogP contribution >= 0.6 is 0 Å². The van der Waals surface area contributed by atoms with E-state index in [0.717, 1.165) is 41.6 Å². The van der Waals surface area contributed by atoms with E-state index in [-0.39, 0.29) is 4.90 Å². The second kappa shape index (κ2) is 8.07. The van der Waals surface area contributed by atoms with Crippen LogP contribution in [0.15, 0.2) is 63.9 Å². The quantitative estimate of drug-likeness (QED) is 0.314. The van der Waals surface area contributed by atoms with Crippen LogP contribution in [0.1, 0.15) is 50.5 Å². The van der Waals surface area contributed by atoms with E-state index >= 15 is 0 Å². The van der Waals surface area contributed by atoms with Crippen LogP contribution < -0.4 is 0 Å². The number of nitrogens with zero attached hydrogens (tertiary/aromatic N) is 1. The molecule has 0 aliphatic heterocycles. The van der Waals surface area contributed by atoms with E-state index in [0.29, 0.717) is 11.0 Å². The molecule has 0 radical (unpaired) electrons. The highest BCUT2D eigenvalue weighted by Gasteiger charge is 2.28. The van der Waals surface area contributed by atoms with E-state index in [1.54, 1.807) is 24.3 Å². The van der Waals surface area contributed by atoms with E-state index < -0.39 is 10.0 Å². The normalized spacial score (nSPS) is 12.2. The SMILES string of the molecule is CCCCCCCc1oc(C)c2c3ccccc3n(S(=O)(=O)c3ccccc3)c12. The van der Waals surface area contributed by atoms with Gasteiger partial charge in [-0.1, -0.05) is 69.0 Å². The van der Waals surface area contributed by atoms with Gasteiger partial charge in [-0.3, -0.25) is 0 Å². The molecule has 4 aromatic rings. The maximum Gasteiger partial charge on any atom is 0.268 e. The standard InChI is InChI=1S/C24H27NO3S/c1-3-4-5-6-10-17-22-24-23(18(2)28-22)20-15-11-12-16-21(20)25(24)29(26,27)19-13-8-7-9-14-19/h7-9,11-16H,3-6,10,17H2,1-2H3. The molecule has 0 fully saturated rings. The van der Waals surface area contributed by atoms with Crippen molar-refractivity contribution in [3.63, 3.8) is 0 Å². The minimum absolute atomic E-state index is 0.287. The Morgan fingerprint density at radius 3 is 2.34 bits per heavy atom. The van der Waals surface area contributed by atoms with Gasteiger partial charge in [-0.25, -0.2) is 12.4 Å². The zero-order chi connectivity index (χ0) is 20.4. The summed E-state index contributed by atoms with van der Waals surface area (Å²) in [5, 5.41) is 1.82. The van der Waals surface area contributed by atoms with Gasteiger partial charge in [-0.05, 0) is 31.5 Å². The molecule has 2 aromatic heterocycles. The zero-order valence-electron chi connectivity index (χ0n) is 17.0. The van der Waals surface area contributed by atoms with Crippen LogP contribution in [0.5, 0.6) is 0 Å². The second-order valence-corrected chi connectivity index (χ2v) is 9.36. The van der Waals surface area contributed by atoms with E-state index in [1.165, 1.54) is 23.2 Å². The number of aryl methyl sites for hydroxylation is 2. The third kappa shape index (κ3) is 3.48. The summed E-state index contributed by atoms with van der Waals surface area (Å²) in [7, 11) is -3.74. The lowest BCUT2D eigenvalue weighted by Crippen LogP contribution is -2.13. The second-order valence-electron chi connectivity index (χ2n) is 7.57. The van der Waals surface area contributed by atoms with Crippen molar-refractivity contribution in [1.82, 2.24) is 3.97 Å². The van der Waals surface area contributed by atoms with Gasteiger partial charge < -0.3 is 4.42 Å². The number of furan rings is 1. The summed E-state index contributed by atoms with van der Waals surface area (Å²) in [6.07, 6.45) is 6.50. The lowest BCUT2D eigenvalue weighted by Gasteiger charge is -2.10. The predicted molar refractivity (Wildman–Crippen MR) is 118 cm³/mol. The highest BCUT2D eigenvalue weighted by atomic mass is 32.2. The Kier molecular flexibility index (Phi) is 5.50. The average molecular weight is 410 g/mol.